The lowest BCUT2D eigenvalue weighted by molar-refractivity contribution is -0.385. The van der Waals surface area contributed by atoms with Crippen LogP contribution < -0.4 is 10.1 Å². The van der Waals surface area contributed by atoms with Crippen LogP contribution in [0.1, 0.15) is 19.3 Å². The third kappa shape index (κ3) is 2.96. The minimum Gasteiger partial charge on any atom is -0.475 e. The maximum atomic E-state index is 11.4. The van der Waals surface area contributed by atoms with Gasteiger partial charge in [-0.2, -0.15) is 0 Å². The number of nitrogens with one attached hydrogen (secondary N) is 1. The van der Waals surface area contributed by atoms with E-state index in [9.17, 15) is 14.9 Å². The number of hydrogen-bond acceptors (Lipinski definition) is 5. The molecule has 8 heteroatoms. The molecule has 1 N–H and O–H groups in total. The number of aromatic nitrogens is 2. The van der Waals surface area contributed by atoms with E-state index < -0.39 is 4.92 Å². The lowest BCUT2D eigenvalue weighted by Crippen LogP contribution is -2.26. The average Bonchev–Trinajstić information content (AvgIpc) is 3.03. The third-order valence-corrected chi connectivity index (χ3v) is 2.61. The van der Waals surface area contributed by atoms with Gasteiger partial charge in [0.05, 0.1) is 18.6 Å². The van der Waals surface area contributed by atoms with E-state index in [1.54, 1.807) is 0 Å². The van der Waals surface area contributed by atoms with Gasteiger partial charge in [0.2, 0.25) is 5.91 Å². The van der Waals surface area contributed by atoms with Crippen LogP contribution >= 0.6 is 0 Å². The van der Waals surface area contributed by atoms with Crippen molar-refractivity contribution in [3.8, 4) is 5.88 Å². The Kier molecular flexibility index (Phi) is 3.45. The maximum absolute atomic E-state index is 11.4. The molecule has 0 spiro atoms. The molecule has 8 nitrogen and oxygen atoms in total. The van der Waals surface area contributed by atoms with Crippen LogP contribution in [-0.4, -0.2) is 33.8 Å². The summed E-state index contributed by atoms with van der Waals surface area (Å²) in [6, 6.07) is 0.319. The number of amides is 1. The number of hydrogen-bond donors (Lipinski definition) is 1. The zero-order valence-corrected chi connectivity index (χ0v) is 9.96. The number of carbonyl (C=O) groups excluding carboxylic acids is 1. The molecule has 0 radical (unpaired) electrons. The Hall–Kier alpha value is -2.12. The van der Waals surface area contributed by atoms with Gasteiger partial charge >= 0.3 is 11.6 Å². The second kappa shape index (κ2) is 5.03. The van der Waals surface area contributed by atoms with Crippen LogP contribution in [0.3, 0.4) is 0 Å². The van der Waals surface area contributed by atoms with Crippen LogP contribution in [0.5, 0.6) is 5.88 Å². The van der Waals surface area contributed by atoms with Crippen LogP contribution in [0, 0.1) is 10.1 Å². The van der Waals surface area contributed by atoms with Crippen molar-refractivity contribution in [2.24, 2.45) is 0 Å². The molecule has 0 bridgehead atoms. The largest absolute Gasteiger partial charge is 0.475 e. The molecule has 0 unspecified atom stereocenters. The zero-order valence-electron chi connectivity index (χ0n) is 9.96. The highest BCUT2D eigenvalue weighted by Gasteiger charge is 2.24. The molecule has 1 aromatic heterocycles. The minimum atomic E-state index is -0.563. The highest BCUT2D eigenvalue weighted by atomic mass is 16.6. The highest BCUT2D eigenvalue weighted by Crippen LogP contribution is 2.24. The predicted octanol–water partition coefficient (Wildman–Crippen LogP) is 0.469. The van der Waals surface area contributed by atoms with Crippen molar-refractivity contribution in [3.05, 3.63) is 16.3 Å². The van der Waals surface area contributed by atoms with Gasteiger partial charge in [-0.05, 0) is 12.8 Å². The molecule has 1 heterocycles. The summed E-state index contributed by atoms with van der Waals surface area (Å²) in [6.07, 6.45) is 3.58. The Labute approximate surface area is 103 Å². The van der Waals surface area contributed by atoms with Crippen LogP contribution in [0.25, 0.3) is 0 Å². The lowest BCUT2D eigenvalue weighted by Gasteiger charge is -2.02. The fourth-order valence-corrected chi connectivity index (χ4v) is 1.52. The molecule has 0 atom stereocenters. The molecule has 1 fully saturated rings. The van der Waals surface area contributed by atoms with Crippen molar-refractivity contribution in [3.63, 3.8) is 0 Å². The zero-order chi connectivity index (χ0) is 13.1. The molecular formula is C10H14N4O4. The molecule has 0 aromatic carbocycles. The first kappa shape index (κ1) is 12.3. The van der Waals surface area contributed by atoms with E-state index >= 15 is 0 Å². The van der Waals surface area contributed by atoms with E-state index in [0.29, 0.717) is 12.6 Å². The van der Waals surface area contributed by atoms with Crippen molar-refractivity contribution < 1.29 is 14.5 Å². The topological polar surface area (TPSA) is 99.3 Å². The summed E-state index contributed by atoms with van der Waals surface area (Å²) in [5, 5.41) is 17.4. The van der Waals surface area contributed by atoms with Gasteiger partial charge in [0.1, 0.15) is 6.20 Å². The number of ether oxygens (including phenoxy) is 1. The van der Waals surface area contributed by atoms with Gasteiger partial charge in [-0.1, -0.05) is 0 Å². The smallest absolute Gasteiger partial charge is 0.350 e. The fourth-order valence-electron chi connectivity index (χ4n) is 1.52. The summed E-state index contributed by atoms with van der Waals surface area (Å²) in [4.78, 5) is 21.6. The number of rotatable bonds is 6. The van der Waals surface area contributed by atoms with Crippen molar-refractivity contribution in [2.75, 3.05) is 7.11 Å². The Morgan fingerprint density at radius 3 is 2.94 bits per heavy atom. The van der Waals surface area contributed by atoms with Gasteiger partial charge in [0, 0.05) is 12.5 Å². The van der Waals surface area contributed by atoms with E-state index in [2.05, 4.69) is 10.4 Å². The first-order chi connectivity index (χ1) is 8.60. The van der Waals surface area contributed by atoms with Crippen LogP contribution in [0.4, 0.5) is 5.69 Å². The second-order valence-electron chi connectivity index (χ2n) is 4.14. The van der Waals surface area contributed by atoms with Crippen molar-refractivity contribution in [1.29, 1.82) is 0 Å². The Morgan fingerprint density at radius 1 is 1.72 bits per heavy atom. The molecule has 2 rings (SSSR count). The SMILES string of the molecule is COc1nn(CCC(=O)NC2CC2)cc1[N+](=O)[O-]. The minimum absolute atomic E-state index is 0.0393. The molecule has 1 aliphatic carbocycles. The van der Waals surface area contributed by atoms with E-state index in [0.717, 1.165) is 12.8 Å². The molecule has 0 aliphatic heterocycles. The Morgan fingerprint density at radius 2 is 2.44 bits per heavy atom. The first-order valence-corrected chi connectivity index (χ1v) is 5.65. The van der Waals surface area contributed by atoms with E-state index in [1.807, 2.05) is 0 Å². The second-order valence-corrected chi connectivity index (χ2v) is 4.14. The molecule has 0 saturated heterocycles. The molecule has 1 saturated carbocycles. The number of methoxy groups -OCH3 is 1. The van der Waals surface area contributed by atoms with Gasteiger partial charge in [0.25, 0.3) is 0 Å². The quantitative estimate of drug-likeness (QED) is 0.587. The summed E-state index contributed by atoms with van der Waals surface area (Å²) in [5.41, 5.74) is -0.194. The number of nitro groups is 1. The number of aryl methyl sites for hydroxylation is 1. The molecule has 1 aromatic rings. The average molecular weight is 254 g/mol. The fraction of sp³-hybridized carbons (Fsp3) is 0.600. The van der Waals surface area contributed by atoms with Gasteiger partial charge in [-0.3, -0.25) is 19.6 Å². The number of carbonyl (C=O) groups is 1. The van der Waals surface area contributed by atoms with Crippen molar-refractivity contribution >= 4 is 11.6 Å². The summed E-state index contributed by atoms with van der Waals surface area (Å²) in [7, 11) is 1.32. The van der Waals surface area contributed by atoms with Crippen molar-refractivity contribution in [1.82, 2.24) is 15.1 Å². The van der Waals surface area contributed by atoms with Crippen LogP contribution in [-0.2, 0) is 11.3 Å². The summed E-state index contributed by atoms with van der Waals surface area (Å²) < 4.78 is 6.15. The van der Waals surface area contributed by atoms with Crippen LogP contribution in [0.15, 0.2) is 6.20 Å². The molecular weight excluding hydrogens is 240 g/mol. The summed E-state index contributed by atoms with van der Waals surface area (Å²) in [5.74, 6) is -0.0998. The van der Waals surface area contributed by atoms with Gasteiger partial charge in [0.15, 0.2) is 0 Å². The summed E-state index contributed by atoms with van der Waals surface area (Å²) in [6.45, 7) is 0.294. The molecule has 1 amide bonds. The normalized spacial score (nSPS) is 14.3. The van der Waals surface area contributed by atoms with E-state index in [-0.39, 0.29) is 23.9 Å². The Balaban J connectivity index is 1.92. The molecule has 1 aliphatic rings. The van der Waals surface area contributed by atoms with Gasteiger partial charge in [-0.25, -0.2) is 0 Å². The third-order valence-electron chi connectivity index (χ3n) is 2.61. The highest BCUT2D eigenvalue weighted by molar-refractivity contribution is 5.76. The van der Waals surface area contributed by atoms with E-state index in [4.69, 9.17) is 4.74 Å². The van der Waals surface area contributed by atoms with Gasteiger partial charge < -0.3 is 10.1 Å². The monoisotopic (exact) mass is 254 g/mol. The molecule has 18 heavy (non-hydrogen) atoms. The molecule has 98 valence electrons. The predicted molar refractivity (Wildman–Crippen MR) is 61.2 cm³/mol. The lowest BCUT2D eigenvalue weighted by atomic mass is 10.4. The van der Waals surface area contributed by atoms with E-state index in [1.165, 1.54) is 18.0 Å². The number of nitrogens with zero attached hydrogens (tertiary/aromatic N) is 3. The van der Waals surface area contributed by atoms with Crippen molar-refractivity contribution in [2.45, 2.75) is 31.8 Å². The Bertz CT molecular complexity index is 466. The first-order valence-electron chi connectivity index (χ1n) is 5.65. The van der Waals surface area contributed by atoms with Crippen LogP contribution in [0.2, 0.25) is 0 Å². The standard InChI is InChI=1S/C10H14N4O4/c1-18-10-8(14(16)17)6-13(12-10)5-4-9(15)11-7-2-3-7/h6-7H,2-5H2,1H3,(H,11,15). The summed E-state index contributed by atoms with van der Waals surface area (Å²) >= 11 is 0. The van der Waals surface area contributed by atoms with Gasteiger partial charge in [-0.15, -0.1) is 5.10 Å². The maximum Gasteiger partial charge on any atom is 0.350 e.